The number of rotatable bonds is 5. The van der Waals surface area contributed by atoms with Crippen molar-refractivity contribution in [2.24, 2.45) is 0 Å². The summed E-state index contributed by atoms with van der Waals surface area (Å²) in [6.45, 7) is 11.8. The summed E-state index contributed by atoms with van der Waals surface area (Å²) in [7, 11) is 0. The molecule has 1 atom stereocenters. The minimum Gasteiger partial charge on any atom is -0.444 e. The molecule has 1 heterocycles. The normalized spacial score (nSPS) is 18.7. The van der Waals surface area contributed by atoms with Crippen LogP contribution in [-0.4, -0.2) is 53.1 Å². The first-order chi connectivity index (χ1) is 9.80. The summed E-state index contributed by atoms with van der Waals surface area (Å²) in [6, 6.07) is -0.349. The molecule has 1 aliphatic heterocycles. The van der Waals surface area contributed by atoms with Gasteiger partial charge < -0.3 is 9.64 Å². The fourth-order valence-electron chi connectivity index (χ4n) is 2.65. The fraction of sp³-hybridized carbons (Fsp3) is 0.875. The van der Waals surface area contributed by atoms with E-state index in [0.717, 1.165) is 38.8 Å². The van der Waals surface area contributed by atoms with Gasteiger partial charge >= 0.3 is 6.09 Å². The second-order valence-electron chi connectivity index (χ2n) is 6.66. The van der Waals surface area contributed by atoms with Crippen molar-refractivity contribution in [1.82, 2.24) is 9.80 Å². The first-order valence-corrected chi connectivity index (χ1v) is 8.08. The highest BCUT2D eigenvalue weighted by Gasteiger charge is 2.38. The Morgan fingerprint density at radius 2 is 1.76 bits per heavy atom. The van der Waals surface area contributed by atoms with E-state index in [0.29, 0.717) is 6.54 Å². The van der Waals surface area contributed by atoms with Gasteiger partial charge in [-0.1, -0.05) is 13.8 Å². The lowest BCUT2D eigenvalue weighted by molar-refractivity contribution is -0.136. The van der Waals surface area contributed by atoms with Crippen molar-refractivity contribution >= 4 is 12.0 Å². The molecule has 0 spiro atoms. The van der Waals surface area contributed by atoms with Gasteiger partial charge in [-0.05, 0) is 46.5 Å². The molecule has 1 saturated heterocycles. The number of hydrogen-bond acceptors (Lipinski definition) is 3. The molecule has 0 saturated carbocycles. The largest absolute Gasteiger partial charge is 0.444 e. The van der Waals surface area contributed by atoms with Crippen molar-refractivity contribution in [3.05, 3.63) is 0 Å². The molecule has 0 unspecified atom stereocenters. The Hall–Kier alpha value is -1.26. The van der Waals surface area contributed by atoms with Gasteiger partial charge in [0.2, 0.25) is 5.91 Å². The maximum atomic E-state index is 12.7. The maximum absolute atomic E-state index is 12.7. The van der Waals surface area contributed by atoms with Gasteiger partial charge in [-0.15, -0.1) is 0 Å². The van der Waals surface area contributed by atoms with Crippen LogP contribution >= 0.6 is 0 Å². The van der Waals surface area contributed by atoms with Crippen LogP contribution in [0.3, 0.4) is 0 Å². The number of amides is 2. The van der Waals surface area contributed by atoms with E-state index >= 15 is 0 Å². The summed E-state index contributed by atoms with van der Waals surface area (Å²) < 4.78 is 5.42. The summed E-state index contributed by atoms with van der Waals surface area (Å²) in [5.41, 5.74) is -0.528. The molecule has 21 heavy (non-hydrogen) atoms. The minimum atomic E-state index is -0.528. The Balaban J connectivity index is 2.75. The molecule has 122 valence electrons. The van der Waals surface area contributed by atoms with Crippen LogP contribution in [0.4, 0.5) is 4.79 Å². The molecule has 5 heteroatoms. The van der Waals surface area contributed by atoms with Gasteiger partial charge in [-0.25, -0.2) is 4.79 Å². The van der Waals surface area contributed by atoms with Gasteiger partial charge in [0.15, 0.2) is 0 Å². The number of hydrogen-bond donors (Lipinski definition) is 0. The van der Waals surface area contributed by atoms with Gasteiger partial charge in [0, 0.05) is 19.6 Å². The number of carbonyl (C=O) groups excluding carboxylic acids is 2. The molecule has 0 aliphatic carbocycles. The summed E-state index contributed by atoms with van der Waals surface area (Å²) in [6.07, 6.45) is 3.10. The van der Waals surface area contributed by atoms with Gasteiger partial charge in [-0.3, -0.25) is 9.69 Å². The molecule has 2 amide bonds. The predicted octanol–water partition coefficient (Wildman–Crippen LogP) is 3.03. The first-order valence-electron chi connectivity index (χ1n) is 8.08. The molecule has 0 radical (unpaired) electrons. The van der Waals surface area contributed by atoms with Crippen LogP contribution in [0.15, 0.2) is 0 Å². The Morgan fingerprint density at radius 1 is 1.19 bits per heavy atom. The molecule has 0 bridgehead atoms. The molecule has 5 nitrogen and oxygen atoms in total. The summed E-state index contributed by atoms with van der Waals surface area (Å²) in [4.78, 5) is 28.4. The molecule has 1 aliphatic rings. The lowest BCUT2D eigenvalue weighted by atomic mass is 10.1. The van der Waals surface area contributed by atoms with E-state index in [1.54, 1.807) is 4.90 Å². The van der Waals surface area contributed by atoms with Gasteiger partial charge in [0.25, 0.3) is 0 Å². The average Bonchev–Trinajstić information content (AvgIpc) is 2.84. The highest BCUT2D eigenvalue weighted by molar-refractivity contribution is 5.86. The van der Waals surface area contributed by atoms with Gasteiger partial charge in [-0.2, -0.15) is 0 Å². The van der Waals surface area contributed by atoms with Crippen molar-refractivity contribution < 1.29 is 14.3 Å². The number of likely N-dealkylation sites (tertiary alicyclic amines) is 1. The fourth-order valence-corrected chi connectivity index (χ4v) is 2.65. The average molecular weight is 298 g/mol. The smallest absolute Gasteiger partial charge is 0.410 e. The Bertz CT molecular complexity index is 357. The van der Waals surface area contributed by atoms with Crippen LogP contribution in [0.1, 0.15) is 60.3 Å². The van der Waals surface area contributed by atoms with Crippen LogP contribution in [0, 0.1) is 0 Å². The van der Waals surface area contributed by atoms with Crippen molar-refractivity contribution in [2.75, 3.05) is 19.6 Å². The number of carbonyl (C=O) groups is 2. The van der Waals surface area contributed by atoms with Crippen LogP contribution in [0.2, 0.25) is 0 Å². The monoisotopic (exact) mass is 298 g/mol. The Labute approximate surface area is 128 Å². The van der Waals surface area contributed by atoms with Crippen molar-refractivity contribution in [3.63, 3.8) is 0 Å². The van der Waals surface area contributed by atoms with Crippen LogP contribution in [0.5, 0.6) is 0 Å². The van der Waals surface area contributed by atoms with E-state index in [2.05, 4.69) is 13.8 Å². The third kappa shape index (κ3) is 5.21. The van der Waals surface area contributed by atoms with E-state index in [-0.39, 0.29) is 18.0 Å². The summed E-state index contributed by atoms with van der Waals surface area (Å²) in [5, 5.41) is 0. The van der Waals surface area contributed by atoms with E-state index in [9.17, 15) is 9.59 Å². The molecule has 0 aromatic heterocycles. The Kier molecular flexibility index (Phi) is 6.49. The standard InChI is InChI=1S/C16H30N2O3/c1-6-10-17(11-7-2)14(19)13-9-8-12-18(13)15(20)21-16(3,4)5/h13H,6-12H2,1-5H3/t13-/m0/s1. The highest BCUT2D eigenvalue weighted by atomic mass is 16.6. The van der Waals surface area contributed by atoms with E-state index in [1.165, 1.54) is 0 Å². The van der Waals surface area contributed by atoms with Gasteiger partial charge in [0.1, 0.15) is 11.6 Å². The third-order valence-corrected chi connectivity index (χ3v) is 3.46. The SMILES string of the molecule is CCCN(CCC)C(=O)[C@@H]1CCCN1C(=O)OC(C)(C)C. The minimum absolute atomic E-state index is 0.0714. The highest BCUT2D eigenvalue weighted by Crippen LogP contribution is 2.22. The lowest BCUT2D eigenvalue weighted by Crippen LogP contribution is -2.49. The van der Waals surface area contributed by atoms with Crippen molar-refractivity contribution in [1.29, 1.82) is 0 Å². The Morgan fingerprint density at radius 3 is 2.24 bits per heavy atom. The summed E-state index contributed by atoms with van der Waals surface area (Å²) >= 11 is 0. The molecule has 0 aromatic carbocycles. The molecule has 0 aromatic rings. The van der Waals surface area contributed by atoms with E-state index in [4.69, 9.17) is 4.74 Å². The maximum Gasteiger partial charge on any atom is 0.410 e. The van der Waals surface area contributed by atoms with E-state index < -0.39 is 5.60 Å². The van der Waals surface area contributed by atoms with Crippen LogP contribution < -0.4 is 0 Å². The zero-order valence-corrected chi connectivity index (χ0v) is 14.1. The third-order valence-electron chi connectivity index (χ3n) is 3.46. The molecular formula is C16H30N2O3. The lowest BCUT2D eigenvalue weighted by Gasteiger charge is -2.31. The van der Waals surface area contributed by atoms with Gasteiger partial charge in [0.05, 0.1) is 0 Å². The van der Waals surface area contributed by atoms with Crippen molar-refractivity contribution in [2.45, 2.75) is 71.9 Å². The quantitative estimate of drug-likeness (QED) is 0.784. The topological polar surface area (TPSA) is 49.9 Å². The zero-order valence-electron chi connectivity index (χ0n) is 14.1. The molecular weight excluding hydrogens is 268 g/mol. The zero-order chi connectivity index (χ0) is 16.0. The number of ether oxygens (including phenoxy) is 1. The molecule has 1 fully saturated rings. The first kappa shape index (κ1) is 17.8. The van der Waals surface area contributed by atoms with E-state index in [1.807, 2.05) is 25.7 Å². The number of nitrogens with zero attached hydrogens (tertiary/aromatic N) is 2. The summed E-state index contributed by atoms with van der Waals surface area (Å²) in [5.74, 6) is 0.0714. The van der Waals surface area contributed by atoms with Crippen LogP contribution in [-0.2, 0) is 9.53 Å². The predicted molar refractivity (Wildman–Crippen MR) is 83.1 cm³/mol. The molecule has 1 rings (SSSR count). The second kappa shape index (κ2) is 7.66. The molecule has 0 N–H and O–H groups in total. The second-order valence-corrected chi connectivity index (χ2v) is 6.66. The van der Waals surface area contributed by atoms with Crippen molar-refractivity contribution in [3.8, 4) is 0 Å². The van der Waals surface area contributed by atoms with Crippen LogP contribution in [0.25, 0.3) is 0 Å².